The van der Waals surface area contributed by atoms with Crippen molar-refractivity contribution in [1.29, 1.82) is 0 Å². The summed E-state index contributed by atoms with van der Waals surface area (Å²) in [6, 6.07) is 2.11. The SMILES string of the molecule is C=C(O)CC(C)[C@H](C)NC(=O)C(=O)c1c(C)c(C(=O)Nc2ccc(F)nc2)c(C)n1C. The normalized spacial score (nSPS) is 12.7. The maximum atomic E-state index is 13.0. The fourth-order valence-corrected chi connectivity index (χ4v) is 3.35. The van der Waals surface area contributed by atoms with E-state index in [0.717, 1.165) is 6.07 Å². The highest BCUT2D eigenvalue weighted by Crippen LogP contribution is 2.23. The Kier molecular flexibility index (Phi) is 7.32. The van der Waals surface area contributed by atoms with Crippen molar-refractivity contribution in [1.82, 2.24) is 14.9 Å². The van der Waals surface area contributed by atoms with E-state index in [9.17, 15) is 23.9 Å². The van der Waals surface area contributed by atoms with Crippen LogP contribution in [0.3, 0.4) is 0 Å². The molecule has 0 spiro atoms. The number of hydrogen-bond acceptors (Lipinski definition) is 5. The molecule has 2 amide bonds. The van der Waals surface area contributed by atoms with Crippen molar-refractivity contribution in [3.8, 4) is 0 Å². The highest BCUT2D eigenvalue weighted by molar-refractivity contribution is 6.43. The molecule has 31 heavy (non-hydrogen) atoms. The van der Waals surface area contributed by atoms with Crippen LogP contribution in [0.5, 0.6) is 0 Å². The second kappa shape index (κ2) is 9.55. The van der Waals surface area contributed by atoms with Crippen LogP contribution in [-0.4, -0.2) is 38.3 Å². The Bertz CT molecular complexity index is 1030. The van der Waals surface area contributed by atoms with Crippen LogP contribution in [0.15, 0.2) is 30.7 Å². The standard InChI is InChI=1S/C22H27FN4O4/c1-11(9-12(2)28)14(4)25-22(31)20(29)19-13(3)18(15(5)27(19)6)21(30)26-16-7-8-17(23)24-10-16/h7-8,10-11,14,28H,2,9H2,1,3-6H3,(H,25,31)(H,26,30)/t11?,14-/m0/s1. The van der Waals surface area contributed by atoms with Gasteiger partial charge < -0.3 is 20.3 Å². The van der Waals surface area contributed by atoms with Crippen LogP contribution < -0.4 is 10.6 Å². The molecule has 2 heterocycles. The maximum Gasteiger partial charge on any atom is 0.294 e. The number of carbonyl (C=O) groups excluding carboxylic acids is 3. The van der Waals surface area contributed by atoms with Crippen LogP contribution in [0.25, 0.3) is 0 Å². The van der Waals surface area contributed by atoms with Gasteiger partial charge in [0.25, 0.3) is 17.6 Å². The number of allylic oxidation sites excluding steroid dienone is 1. The number of Topliss-reactive ketones (excluding diaryl/α,β-unsaturated/α-hetero) is 1. The lowest BCUT2D eigenvalue weighted by atomic mass is 9.98. The third-order valence-corrected chi connectivity index (χ3v) is 5.33. The minimum atomic E-state index is -0.804. The van der Waals surface area contributed by atoms with Gasteiger partial charge in [-0.15, -0.1) is 0 Å². The van der Waals surface area contributed by atoms with Crippen molar-refractivity contribution >= 4 is 23.3 Å². The number of nitrogens with zero attached hydrogens (tertiary/aromatic N) is 2. The van der Waals surface area contributed by atoms with Crippen LogP contribution >= 0.6 is 0 Å². The average molecular weight is 430 g/mol. The molecule has 0 aromatic carbocycles. The molecule has 0 bridgehead atoms. The zero-order valence-corrected chi connectivity index (χ0v) is 18.2. The molecule has 0 fully saturated rings. The quantitative estimate of drug-likeness (QED) is 0.258. The van der Waals surface area contributed by atoms with E-state index in [0.29, 0.717) is 23.4 Å². The number of pyridine rings is 1. The molecule has 0 aliphatic rings. The number of carbonyl (C=O) groups is 3. The number of nitrogens with one attached hydrogen (secondary N) is 2. The van der Waals surface area contributed by atoms with Crippen molar-refractivity contribution in [2.45, 2.75) is 40.2 Å². The Balaban J connectivity index is 2.24. The number of rotatable bonds is 8. The second-order valence-electron chi connectivity index (χ2n) is 7.66. The largest absolute Gasteiger partial charge is 0.513 e. The van der Waals surface area contributed by atoms with Gasteiger partial charge in [-0.1, -0.05) is 13.5 Å². The van der Waals surface area contributed by atoms with Gasteiger partial charge in [0.1, 0.15) is 0 Å². The fourth-order valence-electron chi connectivity index (χ4n) is 3.35. The molecule has 0 aliphatic heterocycles. The topological polar surface area (TPSA) is 113 Å². The van der Waals surface area contributed by atoms with Gasteiger partial charge in [0.05, 0.1) is 28.9 Å². The molecule has 0 saturated heterocycles. The van der Waals surface area contributed by atoms with Crippen molar-refractivity contribution in [2.24, 2.45) is 13.0 Å². The number of aromatic nitrogens is 2. The number of amides is 2. The first kappa shape index (κ1) is 23.8. The van der Waals surface area contributed by atoms with Crippen LogP contribution in [0.4, 0.5) is 10.1 Å². The van der Waals surface area contributed by atoms with Gasteiger partial charge in [-0.2, -0.15) is 4.39 Å². The van der Waals surface area contributed by atoms with E-state index in [4.69, 9.17) is 0 Å². The average Bonchev–Trinajstić information content (AvgIpc) is 2.91. The number of hydrogen-bond donors (Lipinski definition) is 3. The summed E-state index contributed by atoms with van der Waals surface area (Å²) in [6.07, 6.45) is 1.48. The molecule has 2 rings (SSSR count). The molecule has 0 radical (unpaired) electrons. The third-order valence-electron chi connectivity index (χ3n) is 5.33. The first-order chi connectivity index (χ1) is 14.4. The van der Waals surface area contributed by atoms with E-state index < -0.39 is 23.5 Å². The van der Waals surface area contributed by atoms with Crippen molar-refractivity contribution < 1.29 is 23.9 Å². The summed E-state index contributed by atoms with van der Waals surface area (Å²) in [6.45, 7) is 10.2. The number of anilines is 1. The summed E-state index contributed by atoms with van der Waals surface area (Å²) < 4.78 is 14.5. The summed E-state index contributed by atoms with van der Waals surface area (Å²) in [4.78, 5) is 41.7. The minimum Gasteiger partial charge on any atom is -0.513 e. The number of ketones is 1. The van der Waals surface area contributed by atoms with Gasteiger partial charge in [0.2, 0.25) is 5.95 Å². The fraction of sp³-hybridized carbons (Fsp3) is 0.364. The predicted octanol–water partition coefficient (Wildman–Crippen LogP) is 3.21. The second-order valence-corrected chi connectivity index (χ2v) is 7.66. The summed E-state index contributed by atoms with van der Waals surface area (Å²) in [5.74, 6) is -2.87. The smallest absolute Gasteiger partial charge is 0.294 e. The third kappa shape index (κ3) is 5.36. The van der Waals surface area contributed by atoms with Gasteiger partial charge >= 0.3 is 0 Å². The van der Waals surface area contributed by atoms with Crippen LogP contribution in [-0.2, 0) is 11.8 Å². The van der Waals surface area contributed by atoms with Crippen LogP contribution in [0.2, 0.25) is 0 Å². The molecular weight excluding hydrogens is 403 g/mol. The predicted molar refractivity (Wildman–Crippen MR) is 115 cm³/mol. The summed E-state index contributed by atoms with van der Waals surface area (Å²) in [5, 5.41) is 14.6. The molecule has 2 aromatic heterocycles. The molecule has 166 valence electrons. The van der Waals surface area contributed by atoms with Crippen molar-refractivity contribution in [3.05, 3.63) is 59.1 Å². The molecule has 0 aliphatic carbocycles. The van der Waals surface area contributed by atoms with E-state index in [-0.39, 0.29) is 29.0 Å². The lowest BCUT2D eigenvalue weighted by Crippen LogP contribution is -2.41. The number of aliphatic hydroxyl groups excluding tert-OH is 1. The van der Waals surface area contributed by atoms with E-state index in [1.807, 2.05) is 6.92 Å². The molecule has 8 nitrogen and oxygen atoms in total. The van der Waals surface area contributed by atoms with E-state index in [2.05, 4.69) is 22.2 Å². The van der Waals surface area contributed by atoms with E-state index in [1.165, 1.54) is 16.8 Å². The molecule has 2 atom stereocenters. The Morgan fingerprint density at radius 2 is 1.90 bits per heavy atom. The molecular formula is C22H27FN4O4. The van der Waals surface area contributed by atoms with Gasteiger partial charge in [0.15, 0.2) is 0 Å². The molecule has 3 N–H and O–H groups in total. The van der Waals surface area contributed by atoms with Gasteiger partial charge in [0, 0.05) is 25.2 Å². The zero-order valence-electron chi connectivity index (χ0n) is 18.2. The Labute approximate surface area is 180 Å². The van der Waals surface area contributed by atoms with Crippen molar-refractivity contribution in [3.63, 3.8) is 0 Å². The maximum absolute atomic E-state index is 13.0. The van der Waals surface area contributed by atoms with E-state index in [1.54, 1.807) is 27.8 Å². The zero-order chi connectivity index (χ0) is 23.5. The van der Waals surface area contributed by atoms with E-state index >= 15 is 0 Å². The van der Waals surface area contributed by atoms with Gasteiger partial charge in [-0.25, -0.2) is 4.98 Å². The summed E-state index contributed by atoms with van der Waals surface area (Å²) >= 11 is 0. The Morgan fingerprint density at radius 3 is 2.45 bits per heavy atom. The molecule has 9 heteroatoms. The summed E-state index contributed by atoms with van der Waals surface area (Å²) in [7, 11) is 1.60. The molecule has 1 unspecified atom stereocenters. The first-order valence-electron chi connectivity index (χ1n) is 9.74. The number of halogens is 1. The first-order valence-corrected chi connectivity index (χ1v) is 9.74. The Hall–Kier alpha value is -3.49. The van der Waals surface area contributed by atoms with Crippen LogP contribution in [0.1, 0.15) is 52.4 Å². The molecule has 2 aromatic rings. The highest BCUT2D eigenvalue weighted by Gasteiger charge is 2.29. The minimum absolute atomic E-state index is 0.000776. The van der Waals surface area contributed by atoms with Gasteiger partial charge in [-0.3, -0.25) is 14.4 Å². The highest BCUT2D eigenvalue weighted by atomic mass is 19.1. The van der Waals surface area contributed by atoms with Gasteiger partial charge in [-0.05, 0) is 44.4 Å². The molecule has 0 saturated carbocycles. The Morgan fingerprint density at radius 1 is 1.26 bits per heavy atom. The van der Waals surface area contributed by atoms with Crippen LogP contribution in [0, 0.1) is 25.7 Å². The lowest BCUT2D eigenvalue weighted by molar-refractivity contribution is -0.117. The number of aliphatic hydroxyl groups is 1. The van der Waals surface area contributed by atoms with Crippen molar-refractivity contribution in [2.75, 3.05) is 5.32 Å². The monoisotopic (exact) mass is 430 g/mol. The lowest BCUT2D eigenvalue weighted by Gasteiger charge is -2.20. The summed E-state index contributed by atoms with van der Waals surface area (Å²) in [5.41, 5.74) is 1.51.